The number of rotatable bonds is 9. The molecule has 0 saturated carbocycles. The van der Waals surface area contributed by atoms with Crippen LogP contribution in [0, 0.1) is 5.92 Å². The minimum Gasteiger partial charge on any atom is -0.481 e. The first-order chi connectivity index (χ1) is 8.32. The molecule has 0 unspecified atom stereocenters. The van der Waals surface area contributed by atoms with Gasteiger partial charge in [-0.1, -0.05) is 13.8 Å². The number of amides is 2. The van der Waals surface area contributed by atoms with Crippen molar-refractivity contribution in [3.63, 3.8) is 0 Å². The first-order valence-corrected chi connectivity index (χ1v) is 6.10. The topological polar surface area (TPSA) is 101 Å². The number of carbonyl (C=O) groups excluding carboxylic acids is 2. The van der Waals surface area contributed by atoms with Crippen molar-refractivity contribution in [1.29, 1.82) is 0 Å². The van der Waals surface area contributed by atoms with E-state index in [1.165, 1.54) is 4.90 Å². The van der Waals surface area contributed by atoms with Gasteiger partial charge in [0.2, 0.25) is 11.8 Å². The zero-order valence-electron chi connectivity index (χ0n) is 11.0. The molecule has 18 heavy (non-hydrogen) atoms. The lowest BCUT2D eigenvalue weighted by Crippen LogP contribution is -2.40. The zero-order valence-corrected chi connectivity index (χ0v) is 11.0. The minimum absolute atomic E-state index is 0.0628. The average molecular weight is 258 g/mol. The SMILES string of the molecule is CC(C)CN(CC(N)=O)C(=O)CCCCC(=O)O. The Morgan fingerprint density at radius 3 is 2.17 bits per heavy atom. The van der Waals surface area contributed by atoms with Crippen molar-refractivity contribution in [2.75, 3.05) is 13.1 Å². The van der Waals surface area contributed by atoms with E-state index in [1.54, 1.807) is 0 Å². The van der Waals surface area contributed by atoms with E-state index in [2.05, 4.69) is 0 Å². The predicted molar refractivity (Wildman–Crippen MR) is 66.7 cm³/mol. The van der Waals surface area contributed by atoms with Crippen LogP contribution in [0.25, 0.3) is 0 Å². The summed E-state index contributed by atoms with van der Waals surface area (Å²) in [4.78, 5) is 34.4. The molecule has 0 aromatic heterocycles. The Kier molecular flexibility index (Phi) is 7.74. The van der Waals surface area contributed by atoms with E-state index in [0.29, 0.717) is 19.4 Å². The number of hydrogen-bond donors (Lipinski definition) is 2. The van der Waals surface area contributed by atoms with Gasteiger partial charge in [-0.25, -0.2) is 0 Å². The van der Waals surface area contributed by atoms with E-state index in [0.717, 1.165) is 0 Å². The lowest BCUT2D eigenvalue weighted by atomic mass is 10.1. The molecular weight excluding hydrogens is 236 g/mol. The molecular formula is C12H22N2O4. The van der Waals surface area contributed by atoms with Crippen molar-refractivity contribution in [1.82, 2.24) is 4.90 Å². The predicted octanol–water partition coefficient (Wildman–Crippen LogP) is 0.601. The normalized spacial score (nSPS) is 10.4. The largest absolute Gasteiger partial charge is 0.481 e. The van der Waals surface area contributed by atoms with E-state index in [1.807, 2.05) is 13.8 Å². The summed E-state index contributed by atoms with van der Waals surface area (Å²) < 4.78 is 0. The van der Waals surface area contributed by atoms with E-state index in [4.69, 9.17) is 10.8 Å². The fourth-order valence-corrected chi connectivity index (χ4v) is 1.59. The van der Waals surface area contributed by atoms with Crippen LogP contribution in [0.2, 0.25) is 0 Å². The van der Waals surface area contributed by atoms with Gasteiger partial charge in [-0.15, -0.1) is 0 Å². The van der Waals surface area contributed by atoms with Crippen LogP contribution in [0.1, 0.15) is 39.5 Å². The Morgan fingerprint density at radius 1 is 1.17 bits per heavy atom. The van der Waals surface area contributed by atoms with Gasteiger partial charge in [-0.2, -0.15) is 0 Å². The number of primary amides is 1. The molecule has 0 aliphatic heterocycles. The van der Waals surface area contributed by atoms with Crippen LogP contribution in [0.4, 0.5) is 0 Å². The number of carboxylic acids is 1. The maximum Gasteiger partial charge on any atom is 0.303 e. The van der Waals surface area contributed by atoms with Crippen LogP contribution in [0.5, 0.6) is 0 Å². The third kappa shape index (κ3) is 8.55. The molecule has 0 aliphatic rings. The van der Waals surface area contributed by atoms with Crippen molar-refractivity contribution >= 4 is 17.8 Å². The summed E-state index contributed by atoms with van der Waals surface area (Å²) in [7, 11) is 0. The number of nitrogens with zero attached hydrogens (tertiary/aromatic N) is 1. The lowest BCUT2D eigenvalue weighted by Gasteiger charge is -2.23. The number of unbranched alkanes of at least 4 members (excludes halogenated alkanes) is 1. The molecule has 0 fully saturated rings. The first kappa shape index (κ1) is 16.4. The third-order valence-electron chi connectivity index (χ3n) is 2.32. The van der Waals surface area contributed by atoms with Crippen molar-refractivity contribution in [3.05, 3.63) is 0 Å². The van der Waals surface area contributed by atoms with Crippen LogP contribution in [0.15, 0.2) is 0 Å². The summed E-state index contributed by atoms with van der Waals surface area (Å²) >= 11 is 0. The van der Waals surface area contributed by atoms with E-state index in [-0.39, 0.29) is 31.2 Å². The molecule has 0 aromatic carbocycles. The van der Waals surface area contributed by atoms with Crippen molar-refractivity contribution in [2.45, 2.75) is 39.5 Å². The van der Waals surface area contributed by atoms with Crippen LogP contribution >= 0.6 is 0 Å². The summed E-state index contributed by atoms with van der Waals surface area (Å²) in [6, 6.07) is 0. The molecule has 0 rings (SSSR count). The summed E-state index contributed by atoms with van der Waals surface area (Å²) in [5.74, 6) is -1.28. The van der Waals surface area contributed by atoms with Gasteiger partial charge in [0.25, 0.3) is 0 Å². The Balaban J connectivity index is 4.12. The smallest absolute Gasteiger partial charge is 0.303 e. The molecule has 0 aliphatic carbocycles. The minimum atomic E-state index is -0.862. The Morgan fingerprint density at radius 2 is 1.72 bits per heavy atom. The molecule has 0 aromatic rings. The Hall–Kier alpha value is -1.59. The fraction of sp³-hybridized carbons (Fsp3) is 0.750. The van der Waals surface area contributed by atoms with Gasteiger partial charge >= 0.3 is 5.97 Å². The second kappa shape index (κ2) is 8.49. The summed E-state index contributed by atoms with van der Waals surface area (Å²) in [5, 5.41) is 8.47. The van der Waals surface area contributed by atoms with Gasteiger partial charge in [-0.05, 0) is 18.8 Å². The highest BCUT2D eigenvalue weighted by molar-refractivity contribution is 5.83. The summed E-state index contributed by atoms with van der Waals surface area (Å²) in [5.41, 5.74) is 5.09. The second-order valence-electron chi connectivity index (χ2n) is 4.74. The average Bonchev–Trinajstić information content (AvgIpc) is 2.21. The molecule has 3 N–H and O–H groups in total. The third-order valence-corrected chi connectivity index (χ3v) is 2.32. The van der Waals surface area contributed by atoms with Crippen molar-refractivity contribution < 1.29 is 19.5 Å². The van der Waals surface area contributed by atoms with Gasteiger partial charge in [0.15, 0.2) is 0 Å². The number of hydrogen-bond acceptors (Lipinski definition) is 3. The lowest BCUT2D eigenvalue weighted by molar-refractivity contribution is -0.138. The fourth-order valence-electron chi connectivity index (χ4n) is 1.59. The van der Waals surface area contributed by atoms with Gasteiger partial charge in [-0.3, -0.25) is 14.4 Å². The Labute approximate surface area is 107 Å². The van der Waals surface area contributed by atoms with Gasteiger partial charge < -0.3 is 15.7 Å². The highest BCUT2D eigenvalue weighted by Crippen LogP contribution is 2.06. The number of aliphatic carboxylic acids is 1. The van der Waals surface area contributed by atoms with Gasteiger partial charge in [0, 0.05) is 19.4 Å². The molecule has 0 radical (unpaired) electrons. The maximum atomic E-state index is 11.8. The Bertz CT molecular complexity index is 302. The molecule has 0 heterocycles. The van der Waals surface area contributed by atoms with E-state index < -0.39 is 11.9 Å². The molecule has 0 atom stereocenters. The molecule has 6 heteroatoms. The van der Waals surface area contributed by atoms with Crippen molar-refractivity contribution in [3.8, 4) is 0 Å². The highest BCUT2D eigenvalue weighted by Gasteiger charge is 2.16. The molecule has 6 nitrogen and oxygen atoms in total. The second-order valence-corrected chi connectivity index (χ2v) is 4.74. The number of carboxylic acid groups (broad SMARTS) is 1. The summed E-state index contributed by atoms with van der Waals surface area (Å²) in [6.45, 7) is 4.31. The number of nitrogens with two attached hydrogens (primary N) is 1. The quantitative estimate of drug-likeness (QED) is 0.591. The standard InChI is InChI=1S/C12H22N2O4/c1-9(2)7-14(8-10(13)15)11(16)5-3-4-6-12(17)18/h9H,3-8H2,1-2H3,(H2,13,15)(H,17,18). The monoisotopic (exact) mass is 258 g/mol. The van der Waals surface area contributed by atoms with Crippen LogP contribution in [-0.4, -0.2) is 40.9 Å². The molecule has 0 spiro atoms. The molecule has 0 saturated heterocycles. The number of carbonyl (C=O) groups is 3. The van der Waals surface area contributed by atoms with Gasteiger partial charge in [0.05, 0.1) is 6.54 Å². The maximum absolute atomic E-state index is 11.8. The van der Waals surface area contributed by atoms with Crippen LogP contribution in [0.3, 0.4) is 0 Å². The van der Waals surface area contributed by atoms with Crippen LogP contribution in [-0.2, 0) is 14.4 Å². The summed E-state index contributed by atoms with van der Waals surface area (Å²) in [6.07, 6.45) is 1.30. The van der Waals surface area contributed by atoms with Crippen LogP contribution < -0.4 is 5.73 Å². The van der Waals surface area contributed by atoms with E-state index in [9.17, 15) is 14.4 Å². The molecule has 2 amide bonds. The first-order valence-electron chi connectivity index (χ1n) is 6.10. The van der Waals surface area contributed by atoms with E-state index >= 15 is 0 Å². The van der Waals surface area contributed by atoms with Crippen molar-refractivity contribution in [2.24, 2.45) is 11.7 Å². The molecule has 0 bridgehead atoms. The van der Waals surface area contributed by atoms with Gasteiger partial charge in [0.1, 0.15) is 0 Å². The zero-order chi connectivity index (χ0) is 14.1. The molecule has 104 valence electrons. The highest BCUT2D eigenvalue weighted by atomic mass is 16.4.